The maximum atomic E-state index is 13.0. The number of benzene rings is 2. The lowest BCUT2D eigenvalue weighted by molar-refractivity contribution is 0.347. The van der Waals surface area contributed by atoms with Gasteiger partial charge in [0.1, 0.15) is 5.82 Å². The minimum absolute atomic E-state index is 0.202. The first-order chi connectivity index (χ1) is 9.15. The van der Waals surface area contributed by atoms with Crippen LogP contribution in [0, 0.1) is 5.82 Å². The molecule has 0 atom stereocenters. The highest BCUT2D eigenvalue weighted by Gasteiger charge is 2.14. The summed E-state index contributed by atoms with van der Waals surface area (Å²) in [5.41, 5.74) is 5.91. The summed E-state index contributed by atoms with van der Waals surface area (Å²) in [5, 5.41) is 0. The maximum Gasteiger partial charge on any atom is 0.211 e. The Morgan fingerprint density at radius 1 is 0.947 bits per heavy atom. The minimum atomic E-state index is -0.420. The van der Waals surface area contributed by atoms with E-state index < -0.39 is 5.82 Å². The zero-order chi connectivity index (χ0) is 13.8. The third kappa shape index (κ3) is 2.70. The Bertz CT molecular complexity index is 565. The van der Waals surface area contributed by atoms with Crippen molar-refractivity contribution in [3.05, 3.63) is 42.2 Å². The van der Waals surface area contributed by atoms with E-state index in [2.05, 4.69) is 0 Å². The molecule has 0 saturated carbocycles. The van der Waals surface area contributed by atoms with Gasteiger partial charge in [0.05, 0.1) is 19.9 Å². The standard InChI is InChI=1S/C14H14FNO3/c1-17-12-4-3-5-13(18-2)14(12)19-11-7-6-9(15)8-10(11)16/h3-8H,16H2,1-2H3. The fourth-order valence-corrected chi connectivity index (χ4v) is 1.64. The van der Waals surface area contributed by atoms with Crippen molar-refractivity contribution in [2.75, 3.05) is 20.0 Å². The lowest BCUT2D eigenvalue weighted by Crippen LogP contribution is -1.97. The third-order valence-corrected chi connectivity index (χ3v) is 2.57. The maximum absolute atomic E-state index is 13.0. The molecule has 5 heteroatoms. The lowest BCUT2D eigenvalue weighted by atomic mass is 10.2. The molecule has 0 unspecified atom stereocenters. The van der Waals surface area contributed by atoms with Crippen LogP contribution in [0.2, 0.25) is 0 Å². The summed E-state index contributed by atoms with van der Waals surface area (Å²) >= 11 is 0. The molecule has 100 valence electrons. The zero-order valence-corrected chi connectivity index (χ0v) is 10.6. The van der Waals surface area contributed by atoms with Gasteiger partial charge in [-0.1, -0.05) is 6.07 Å². The largest absolute Gasteiger partial charge is 0.493 e. The van der Waals surface area contributed by atoms with Crippen LogP contribution < -0.4 is 19.9 Å². The summed E-state index contributed by atoms with van der Waals surface area (Å²) in [6, 6.07) is 9.16. The Labute approximate surface area is 110 Å². The van der Waals surface area contributed by atoms with E-state index in [1.54, 1.807) is 18.2 Å². The van der Waals surface area contributed by atoms with Gasteiger partial charge in [-0.25, -0.2) is 4.39 Å². The van der Waals surface area contributed by atoms with Crippen molar-refractivity contribution >= 4 is 5.69 Å². The first-order valence-electron chi connectivity index (χ1n) is 5.59. The molecule has 2 aromatic carbocycles. The molecule has 0 fully saturated rings. The van der Waals surface area contributed by atoms with E-state index in [0.717, 1.165) is 0 Å². The van der Waals surface area contributed by atoms with Crippen molar-refractivity contribution in [1.29, 1.82) is 0 Å². The van der Waals surface area contributed by atoms with Gasteiger partial charge in [-0.15, -0.1) is 0 Å². The van der Waals surface area contributed by atoms with E-state index in [1.165, 1.54) is 32.4 Å². The van der Waals surface area contributed by atoms with Gasteiger partial charge >= 0.3 is 0 Å². The predicted molar refractivity (Wildman–Crippen MR) is 70.4 cm³/mol. The Balaban J connectivity index is 2.42. The molecule has 19 heavy (non-hydrogen) atoms. The van der Waals surface area contributed by atoms with Gasteiger partial charge in [-0.2, -0.15) is 0 Å². The summed E-state index contributed by atoms with van der Waals surface area (Å²) in [6.07, 6.45) is 0. The second-order valence-corrected chi connectivity index (χ2v) is 3.78. The number of methoxy groups -OCH3 is 2. The molecule has 0 radical (unpaired) electrons. The van der Waals surface area contributed by atoms with Crippen LogP contribution >= 0.6 is 0 Å². The Morgan fingerprint density at radius 2 is 1.58 bits per heavy atom. The molecule has 0 aliphatic rings. The summed E-state index contributed by atoms with van der Waals surface area (Å²) in [6.45, 7) is 0. The summed E-state index contributed by atoms with van der Waals surface area (Å²) in [5.74, 6) is 1.32. The topological polar surface area (TPSA) is 53.7 Å². The van der Waals surface area contributed by atoms with Crippen molar-refractivity contribution in [1.82, 2.24) is 0 Å². The number of nitrogens with two attached hydrogens (primary N) is 1. The van der Waals surface area contributed by atoms with Crippen LogP contribution in [-0.4, -0.2) is 14.2 Å². The van der Waals surface area contributed by atoms with Crippen molar-refractivity contribution in [2.45, 2.75) is 0 Å². The first-order valence-corrected chi connectivity index (χ1v) is 5.59. The van der Waals surface area contributed by atoms with E-state index in [9.17, 15) is 4.39 Å². The number of para-hydroxylation sites is 1. The molecule has 0 spiro atoms. The van der Waals surface area contributed by atoms with Gasteiger partial charge in [0.25, 0.3) is 0 Å². The highest BCUT2D eigenvalue weighted by molar-refractivity contribution is 5.58. The number of halogens is 1. The third-order valence-electron chi connectivity index (χ3n) is 2.57. The van der Waals surface area contributed by atoms with E-state index in [1.807, 2.05) is 0 Å². The van der Waals surface area contributed by atoms with Crippen molar-refractivity contribution in [3.8, 4) is 23.0 Å². The van der Waals surface area contributed by atoms with E-state index >= 15 is 0 Å². The van der Waals surface area contributed by atoms with Crippen LogP contribution in [-0.2, 0) is 0 Å². The number of hydrogen-bond donors (Lipinski definition) is 1. The van der Waals surface area contributed by atoms with Gasteiger partial charge in [0, 0.05) is 6.07 Å². The number of hydrogen-bond acceptors (Lipinski definition) is 4. The van der Waals surface area contributed by atoms with E-state index in [-0.39, 0.29) is 5.69 Å². The lowest BCUT2D eigenvalue weighted by Gasteiger charge is -2.14. The average molecular weight is 263 g/mol. The molecule has 0 aromatic heterocycles. The Hall–Kier alpha value is -2.43. The SMILES string of the molecule is COc1cccc(OC)c1Oc1ccc(F)cc1N. The fraction of sp³-hybridized carbons (Fsp3) is 0.143. The monoisotopic (exact) mass is 263 g/mol. The van der Waals surface area contributed by atoms with Crippen LogP contribution in [0.15, 0.2) is 36.4 Å². The van der Waals surface area contributed by atoms with Gasteiger partial charge < -0.3 is 19.9 Å². The van der Waals surface area contributed by atoms with Gasteiger partial charge in [-0.05, 0) is 24.3 Å². The molecule has 2 N–H and O–H groups in total. The molecule has 2 rings (SSSR count). The fourth-order valence-electron chi connectivity index (χ4n) is 1.64. The summed E-state index contributed by atoms with van der Waals surface area (Å²) in [7, 11) is 3.05. The molecular formula is C14H14FNO3. The number of ether oxygens (including phenoxy) is 3. The molecule has 4 nitrogen and oxygen atoms in total. The number of anilines is 1. The van der Waals surface area contributed by atoms with Gasteiger partial charge in [0.15, 0.2) is 17.2 Å². The number of nitrogen functional groups attached to an aromatic ring is 1. The molecule has 0 aliphatic heterocycles. The van der Waals surface area contributed by atoms with Gasteiger partial charge in [0.2, 0.25) is 5.75 Å². The molecule has 0 amide bonds. The Kier molecular flexibility index (Phi) is 3.75. The predicted octanol–water partition coefficient (Wildman–Crippen LogP) is 3.22. The molecule has 0 aliphatic carbocycles. The smallest absolute Gasteiger partial charge is 0.211 e. The highest BCUT2D eigenvalue weighted by atomic mass is 19.1. The summed E-state index contributed by atoms with van der Waals surface area (Å²) < 4.78 is 29.1. The molecule has 0 saturated heterocycles. The number of rotatable bonds is 4. The zero-order valence-electron chi connectivity index (χ0n) is 10.6. The van der Waals surface area contributed by atoms with Crippen LogP contribution in [0.25, 0.3) is 0 Å². The van der Waals surface area contributed by atoms with Crippen LogP contribution in [0.5, 0.6) is 23.0 Å². The molecule has 0 bridgehead atoms. The quantitative estimate of drug-likeness (QED) is 0.860. The second kappa shape index (κ2) is 5.48. The minimum Gasteiger partial charge on any atom is -0.493 e. The molecule has 0 heterocycles. The highest BCUT2D eigenvalue weighted by Crippen LogP contribution is 2.41. The second-order valence-electron chi connectivity index (χ2n) is 3.78. The normalized spacial score (nSPS) is 10.1. The van der Waals surface area contributed by atoms with E-state index in [4.69, 9.17) is 19.9 Å². The van der Waals surface area contributed by atoms with Crippen molar-refractivity contribution < 1.29 is 18.6 Å². The van der Waals surface area contributed by atoms with Crippen LogP contribution in [0.1, 0.15) is 0 Å². The van der Waals surface area contributed by atoms with Crippen LogP contribution in [0.3, 0.4) is 0 Å². The van der Waals surface area contributed by atoms with Crippen LogP contribution in [0.4, 0.5) is 10.1 Å². The summed E-state index contributed by atoms with van der Waals surface area (Å²) in [4.78, 5) is 0. The molecule has 2 aromatic rings. The molecular weight excluding hydrogens is 249 g/mol. The average Bonchev–Trinajstić information content (AvgIpc) is 2.42. The van der Waals surface area contributed by atoms with Crippen molar-refractivity contribution in [3.63, 3.8) is 0 Å². The first kappa shape index (κ1) is 13.0. The van der Waals surface area contributed by atoms with E-state index in [0.29, 0.717) is 23.0 Å². The Morgan fingerprint density at radius 3 is 2.11 bits per heavy atom. The van der Waals surface area contributed by atoms with Gasteiger partial charge in [-0.3, -0.25) is 0 Å². The van der Waals surface area contributed by atoms with Crippen molar-refractivity contribution in [2.24, 2.45) is 0 Å².